The Morgan fingerprint density at radius 3 is 1.62 bits per heavy atom. The van der Waals surface area contributed by atoms with Crippen molar-refractivity contribution < 1.29 is 14.3 Å². The van der Waals surface area contributed by atoms with Gasteiger partial charge in [0.2, 0.25) is 0 Å². The van der Waals surface area contributed by atoms with Gasteiger partial charge in [0, 0.05) is 6.08 Å². The molecule has 0 aromatic rings. The molecule has 0 heterocycles. The third kappa shape index (κ3) is 26.6. The van der Waals surface area contributed by atoms with Crippen LogP contribution in [0.25, 0.3) is 0 Å². The summed E-state index contributed by atoms with van der Waals surface area (Å²) in [6.45, 7) is 6.85. The van der Waals surface area contributed by atoms with Gasteiger partial charge in [0.15, 0.2) is 5.78 Å². The number of hydrogen-bond donors (Lipinski definition) is 1. The van der Waals surface area contributed by atoms with Gasteiger partial charge in [0.05, 0.1) is 6.61 Å². The van der Waals surface area contributed by atoms with Crippen molar-refractivity contribution in [1.82, 2.24) is 5.32 Å². The van der Waals surface area contributed by atoms with Crippen molar-refractivity contribution in [3.05, 3.63) is 36.5 Å². The smallest absolute Gasteiger partial charge is 0.330 e. The van der Waals surface area contributed by atoms with Gasteiger partial charge in [-0.2, -0.15) is 0 Å². The molecule has 0 aromatic carbocycles. The van der Waals surface area contributed by atoms with Crippen LogP contribution >= 0.6 is 0 Å². The molecule has 0 aliphatic rings. The molecule has 4 nitrogen and oxygen atoms in total. The molecule has 0 rings (SSSR count). The van der Waals surface area contributed by atoms with Gasteiger partial charge in [-0.1, -0.05) is 89.9 Å². The second-order valence-electron chi connectivity index (χ2n) is 9.11. The highest BCUT2D eigenvalue weighted by atomic mass is 16.5. The summed E-state index contributed by atoms with van der Waals surface area (Å²) in [5.74, 6) is -0.0977. The molecule has 0 atom stereocenters. The van der Waals surface area contributed by atoms with E-state index in [9.17, 15) is 9.59 Å². The van der Waals surface area contributed by atoms with E-state index in [1.165, 1.54) is 77.0 Å². The van der Waals surface area contributed by atoms with E-state index in [1.807, 2.05) is 32.1 Å². The average Bonchev–Trinajstić information content (AvgIpc) is 2.84. The van der Waals surface area contributed by atoms with Gasteiger partial charge < -0.3 is 10.1 Å². The maximum atomic E-state index is 11.4. The molecule has 0 unspecified atom stereocenters. The number of esters is 1. The van der Waals surface area contributed by atoms with E-state index < -0.39 is 0 Å². The minimum Gasteiger partial charge on any atom is -0.463 e. The number of ketones is 1. The Labute approximate surface area is 210 Å². The molecule has 196 valence electrons. The van der Waals surface area contributed by atoms with Crippen LogP contribution < -0.4 is 5.32 Å². The average molecular weight is 476 g/mol. The van der Waals surface area contributed by atoms with Crippen LogP contribution in [0.4, 0.5) is 0 Å². The van der Waals surface area contributed by atoms with Crippen LogP contribution in [0.5, 0.6) is 0 Å². The summed E-state index contributed by atoms with van der Waals surface area (Å²) in [4.78, 5) is 22.8. The van der Waals surface area contributed by atoms with Gasteiger partial charge in [-0.15, -0.1) is 0 Å². The number of ether oxygens (including phenoxy) is 1. The summed E-state index contributed by atoms with van der Waals surface area (Å²) >= 11 is 0. The normalized spacial score (nSPS) is 11.8. The lowest BCUT2D eigenvalue weighted by Gasteiger charge is -2.05. The van der Waals surface area contributed by atoms with Crippen LogP contribution in [0.15, 0.2) is 36.5 Å². The summed E-state index contributed by atoms with van der Waals surface area (Å²) < 4.78 is 5.01. The van der Waals surface area contributed by atoms with Crippen LogP contribution in [0.2, 0.25) is 0 Å². The number of rotatable bonds is 25. The first-order chi connectivity index (χ1) is 16.7. The molecule has 0 saturated carbocycles. The molecule has 0 amide bonds. The minimum absolute atomic E-state index is 0.111. The van der Waals surface area contributed by atoms with E-state index in [2.05, 4.69) is 5.32 Å². The van der Waals surface area contributed by atoms with Gasteiger partial charge >= 0.3 is 5.97 Å². The predicted molar refractivity (Wildman–Crippen MR) is 146 cm³/mol. The molecular weight excluding hydrogens is 422 g/mol. The number of unbranched alkanes of at least 4 members (excludes halogenated alkanes) is 13. The second-order valence-corrected chi connectivity index (χ2v) is 9.11. The zero-order valence-corrected chi connectivity index (χ0v) is 22.3. The first-order valence-electron chi connectivity index (χ1n) is 14.1. The fraction of sp³-hybridized carbons (Fsp3) is 0.733. The third-order valence-electron chi connectivity index (χ3n) is 5.70. The lowest BCUT2D eigenvalue weighted by Crippen LogP contribution is -2.16. The van der Waals surface area contributed by atoms with Gasteiger partial charge in [0.1, 0.15) is 0 Å². The molecule has 0 radical (unpaired) electrons. The molecule has 0 aliphatic heterocycles. The lowest BCUT2D eigenvalue weighted by molar-refractivity contribution is -0.137. The number of allylic oxidation sites excluding steroid dienone is 5. The summed E-state index contributed by atoms with van der Waals surface area (Å²) in [6.07, 6.45) is 31.2. The zero-order chi connectivity index (χ0) is 25.0. The Hall–Kier alpha value is -1.68. The Morgan fingerprint density at radius 1 is 0.618 bits per heavy atom. The van der Waals surface area contributed by atoms with Crippen molar-refractivity contribution in [2.24, 2.45) is 0 Å². The minimum atomic E-state index is -0.208. The molecule has 0 saturated heterocycles. The van der Waals surface area contributed by atoms with E-state index in [-0.39, 0.29) is 11.8 Å². The fourth-order valence-corrected chi connectivity index (χ4v) is 3.66. The first-order valence-corrected chi connectivity index (χ1v) is 14.1. The highest BCUT2D eigenvalue weighted by molar-refractivity contribution is 5.99. The van der Waals surface area contributed by atoms with Crippen LogP contribution in [0, 0.1) is 0 Å². The molecule has 1 N–H and O–H groups in total. The van der Waals surface area contributed by atoms with Crippen molar-refractivity contribution in [3.63, 3.8) is 0 Å². The quantitative estimate of drug-likeness (QED) is 0.0825. The van der Waals surface area contributed by atoms with Crippen LogP contribution in [-0.2, 0) is 14.3 Å². The Kier molecular flexibility index (Phi) is 26.2. The molecule has 34 heavy (non-hydrogen) atoms. The van der Waals surface area contributed by atoms with E-state index in [4.69, 9.17) is 4.74 Å². The highest BCUT2D eigenvalue weighted by Gasteiger charge is 1.96. The van der Waals surface area contributed by atoms with E-state index in [0.717, 1.165) is 45.2 Å². The Bertz CT molecular complexity index is 551. The predicted octanol–water partition coefficient (Wildman–Crippen LogP) is 8.03. The summed E-state index contributed by atoms with van der Waals surface area (Å²) in [6, 6.07) is 0. The number of carbonyl (C=O) groups is 2. The number of carbonyl (C=O) groups excluding carboxylic acids is 2. The SMILES string of the molecule is CC/C=C/C(=O)/C=C/CCCCCCCCCNCCCCCCCC/C=C/C(=O)OCCC. The maximum Gasteiger partial charge on any atom is 0.330 e. The highest BCUT2D eigenvalue weighted by Crippen LogP contribution is 2.09. The van der Waals surface area contributed by atoms with Crippen molar-refractivity contribution in [2.45, 2.75) is 123 Å². The van der Waals surface area contributed by atoms with Crippen molar-refractivity contribution in [1.29, 1.82) is 0 Å². The molecular formula is C30H53NO3. The number of nitrogens with one attached hydrogen (secondary N) is 1. The topological polar surface area (TPSA) is 55.4 Å². The Morgan fingerprint density at radius 2 is 1.09 bits per heavy atom. The molecule has 0 aliphatic carbocycles. The first kappa shape index (κ1) is 32.3. The van der Waals surface area contributed by atoms with E-state index >= 15 is 0 Å². The fourth-order valence-electron chi connectivity index (χ4n) is 3.66. The van der Waals surface area contributed by atoms with E-state index in [0.29, 0.717) is 6.61 Å². The van der Waals surface area contributed by atoms with Crippen molar-refractivity contribution in [2.75, 3.05) is 19.7 Å². The van der Waals surface area contributed by atoms with Crippen LogP contribution in [-0.4, -0.2) is 31.4 Å². The molecule has 0 fully saturated rings. The van der Waals surface area contributed by atoms with Gasteiger partial charge in [-0.05, 0) is 76.6 Å². The summed E-state index contributed by atoms with van der Waals surface area (Å²) in [5.41, 5.74) is 0. The van der Waals surface area contributed by atoms with Crippen LogP contribution in [0.3, 0.4) is 0 Å². The molecule has 4 heteroatoms. The Balaban J connectivity index is 3.21. The standard InChI is InChI=1S/C30H53NO3/c1-3-5-23-29(32)24-19-15-11-7-6-9-13-17-21-26-31-27-22-18-14-10-8-12-16-20-25-30(33)34-28-4-2/h5,19-20,23-25,31H,3-4,6-18,21-22,26-28H2,1-2H3/b23-5+,24-19+,25-20+. The zero-order valence-electron chi connectivity index (χ0n) is 22.3. The van der Waals surface area contributed by atoms with Gasteiger partial charge in [0.25, 0.3) is 0 Å². The summed E-state index contributed by atoms with van der Waals surface area (Å²) in [5, 5.41) is 3.58. The van der Waals surface area contributed by atoms with Crippen molar-refractivity contribution >= 4 is 11.8 Å². The third-order valence-corrected chi connectivity index (χ3v) is 5.70. The molecule has 0 spiro atoms. The number of hydrogen-bond acceptors (Lipinski definition) is 4. The van der Waals surface area contributed by atoms with Gasteiger partial charge in [-0.3, -0.25) is 4.79 Å². The molecule has 0 bridgehead atoms. The second kappa shape index (κ2) is 27.6. The summed E-state index contributed by atoms with van der Waals surface area (Å²) in [7, 11) is 0. The molecule has 0 aromatic heterocycles. The lowest BCUT2D eigenvalue weighted by atomic mass is 10.1. The maximum absolute atomic E-state index is 11.4. The monoisotopic (exact) mass is 475 g/mol. The van der Waals surface area contributed by atoms with Gasteiger partial charge in [-0.25, -0.2) is 4.79 Å². The van der Waals surface area contributed by atoms with Crippen molar-refractivity contribution in [3.8, 4) is 0 Å². The largest absolute Gasteiger partial charge is 0.463 e. The van der Waals surface area contributed by atoms with E-state index in [1.54, 1.807) is 18.2 Å². The van der Waals surface area contributed by atoms with Crippen LogP contribution in [0.1, 0.15) is 123 Å².